The van der Waals surface area contributed by atoms with Crippen LogP contribution in [0.2, 0.25) is 0 Å². The van der Waals surface area contributed by atoms with Gasteiger partial charge in [-0.3, -0.25) is 4.79 Å². The van der Waals surface area contributed by atoms with Crippen molar-refractivity contribution in [2.75, 3.05) is 16.8 Å². The third-order valence-corrected chi connectivity index (χ3v) is 5.90. The first-order valence-corrected chi connectivity index (χ1v) is 11.3. The van der Waals surface area contributed by atoms with E-state index in [-0.39, 0.29) is 5.91 Å². The number of nitrogens with zero attached hydrogens (tertiary/aromatic N) is 3. The van der Waals surface area contributed by atoms with Crippen LogP contribution in [-0.2, 0) is 17.8 Å². The molecule has 0 unspecified atom stereocenters. The number of carbonyl (C=O) groups excluding carboxylic acids is 1. The Balaban J connectivity index is 1.42. The summed E-state index contributed by atoms with van der Waals surface area (Å²) in [5, 5.41) is 3.74. The summed E-state index contributed by atoms with van der Waals surface area (Å²) in [5.74, 6) is 1.56. The largest absolute Gasteiger partial charge is 0.467 e. The molecule has 2 aromatic carbocycles. The van der Waals surface area contributed by atoms with Crippen LogP contribution in [0.3, 0.4) is 0 Å². The summed E-state index contributed by atoms with van der Waals surface area (Å²) < 4.78 is 10.1. The number of anilines is 2. The predicted molar refractivity (Wildman–Crippen MR) is 128 cm³/mol. The van der Waals surface area contributed by atoms with Gasteiger partial charge in [0.05, 0.1) is 12.8 Å². The molecule has 0 saturated carbocycles. The highest BCUT2D eigenvalue weighted by Crippen LogP contribution is 2.22. The Labute approximate surface area is 192 Å². The molecule has 0 bridgehead atoms. The molecule has 0 saturated heterocycles. The highest BCUT2D eigenvalue weighted by atomic mass is 32.1. The summed E-state index contributed by atoms with van der Waals surface area (Å²) >= 11 is 1.35. The van der Waals surface area contributed by atoms with Crippen LogP contribution in [0, 0.1) is 13.8 Å². The summed E-state index contributed by atoms with van der Waals surface area (Å²) in [6.07, 6.45) is 2.67. The van der Waals surface area contributed by atoms with Gasteiger partial charge in [0.25, 0.3) is 0 Å². The monoisotopic (exact) mass is 446 g/mol. The first kappa shape index (κ1) is 21.8. The summed E-state index contributed by atoms with van der Waals surface area (Å²) in [4.78, 5) is 19.3. The average molecular weight is 447 g/mol. The van der Waals surface area contributed by atoms with E-state index < -0.39 is 0 Å². The molecule has 7 heteroatoms. The van der Waals surface area contributed by atoms with Gasteiger partial charge in [-0.25, -0.2) is 4.98 Å². The van der Waals surface area contributed by atoms with Crippen LogP contribution in [0.15, 0.2) is 71.3 Å². The maximum Gasteiger partial charge on any atom is 0.226 e. The second-order valence-corrected chi connectivity index (χ2v) is 8.55. The van der Waals surface area contributed by atoms with Crippen LogP contribution >= 0.6 is 11.5 Å². The van der Waals surface area contributed by atoms with E-state index in [1.54, 1.807) is 6.26 Å². The topological polar surface area (TPSA) is 71.3 Å². The Morgan fingerprint density at radius 3 is 2.44 bits per heavy atom. The molecule has 0 aliphatic rings. The van der Waals surface area contributed by atoms with Gasteiger partial charge < -0.3 is 14.6 Å². The first-order valence-electron chi connectivity index (χ1n) is 10.6. The molecule has 6 nitrogen and oxygen atoms in total. The molecular weight excluding hydrogens is 420 g/mol. The predicted octanol–water partition coefficient (Wildman–Crippen LogP) is 5.37. The number of aromatic nitrogens is 2. The van der Waals surface area contributed by atoms with Gasteiger partial charge in [0.15, 0.2) is 0 Å². The van der Waals surface area contributed by atoms with Gasteiger partial charge in [-0.2, -0.15) is 4.37 Å². The van der Waals surface area contributed by atoms with Crippen molar-refractivity contribution in [2.45, 2.75) is 33.2 Å². The number of hydrogen-bond donors (Lipinski definition) is 1. The standard InChI is InChI=1S/C25H26N4O2S/c1-18-5-9-20(10-6-18)16-23-27-25(32-28-23)29(17-22-4-3-15-31-22)14-13-24(30)26-21-11-7-19(2)8-12-21/h3-12,15H,13-14,16-17H2,1-2H3,(H,26,30). The minimum absolute atomic E-state index is 0.0392. The molecule has 0 aliphatic heterocycles. The molecule has 32 heavy (non-hydrogen) atoms. The van der Waals surface area contributed by atoms with Crippen LogP contribution in [0.1, 0.15) is 34.7 Å². The van der Waals surface area contributed by atoms with Crippen molar-refractivity contribution in [1.29, 1.82) is 0 Å². The Morgan fingerprint density at radius 1 is 1.03 bits per heavy atom. The first-order chi connectivity index (χ1) is 15.5. The zero-order valence-electron chi connectivity index (χ0n) is 18.2. The number of furan rings is 1. The number of aryl methyl sites for hydroxylation is 2. The number of rotatable bonds is 9. The van der Waals surface area contributed by atoms with E-state index in [1.165, 1.54) is 22.7 Å². The molecule has 2 aromatic heterocycles. The molecule has 0 atom stereocenters. The zero-order chi connectivity index (χ0) is 22.3. The Hall–Kier alpha value is -3.45. The molecule has 4 rings (SSSR count). The van der Waals surface area contributed by atoms with E-state index in [0.717, 1.165) is 28.0 Å². The maximum atomic E-state index is 12.5. The fourth-order valence-corrected chi connectivity index (χ4v) is 3.97. The van der Waals surface area contributed by atoms with E-state index in [2.05, 4.69) is 40.9 Å². The smallest absolute Gasteiger partial charge is 0.226 e. The van der Waals surface area contributed by atoms with Gasteiger partial charge in [-0.05, 0) is 43.7 Å². The van der Waals surface area contributed by atoms with Crippen molar-refractivity contribution >= 4 is 28.3 Å². The molecule has 1 N–H and O–H groups in total. The summed E-state index contributed by atoms with van der Waals surface area (Å²) in [7, 11) is 0. The van der Waals surface area contributed by atoms with Crippen LogP contribution < -0.4 is 10.2 Å². The summed E-state index contributed by atoms with van der Waals surface area (Å²) in [6.45, 7) is 5.14. The van der Waals surface area contributed by atoms with Crippen molar-refractivity contribution in [3.8, 4) is 0 Å². The van der Waals surface area contributed by atoms with Crippen molar-refractivity contribution in [3.63, 3.8) is 0 Å². The lowest BCUT2D eigenvalue weighted by Gasteiger charge is -2.20. The van der Waals surface area contributed by atoms with Gasteiger partial charge in [0.1, 0.15) is 11.6 Å². The lowest BCUT2D eigenvalue weighted by molar-refractivity contribution is -0.116. The minimum atomic E-state index is -0.0392. The molecule has 4 aromatic rings. The molecule has 164 valence electrons. The number of hydrogen-bond acceptors (Lipinski definition) is 6. The normalized spacial score (nSPS) is 10.8. The van der Waals surface area contributed by atoms with Crippen molar-refractivity contribution in [2.24, 2.45) is 0 Å². The lowest BCUT2D eigenvalue weighted by Crippen LogP contribution is -2.27. The van der Waals surface area contributed by atoms with Gasteiger partial charge in [-0.1, -0.05) is 47.5 Å². The fraction of sp³-hybridized carbons (Fsp3) is 0.240. The number of nitrogens with one attached hydrogen (secondary N) is 1. The maximum absolute atomic E-state index is 12.5. The molecule has 0 radical (unpaired) electrons. The van der Waals surface area contributed by atoms with Crippen LogP contribution in [0.5, 0.6) is 0 Å². The van der Waals surface area contributed by atoms with Crippen molar-refractivity contribution < 1.29 is 9.21 Å². The number of benzene rings is 2. The Morgan fingerprint density at radius 2 is 1.75 bits per heavy atom. The van der Waals surface area contributed by atoms with Gasteiger partial charge in [0, 0.05) is 36.6 Å². The van der Waals surface area contributed by atoms with E-state index in [4.69, 9.17) is 9.40 Å². The van der Waals surface area contributed by atoms with E-state index in [9.17, 15) is 4.79 Å². The molecule has 0 fully saturated rings. The van der Waals surface area contributed by atoms with Crippen molar-refractivity contribution in [3.05, 3.63) is 95.2 Å². The summed E-state index contributed by atoms with van der Waals surface area (Å²) in [6, 6.07) is 20.0. The highest BCUT2D eigenvalue weighted by Gasteiger charge is 2.16. The highest BCUT2D eigenvalue weighted by molar-refractivity contribution is 7.09. The molecule has 2 heterocycles. The minimum Gasteiger partial charge on any atom is -0.467 e. The number of amides is 1. The second-order valence-electron chi connectivity index (χ2n) is 7.82. The fourth-order valence-electron chi connectivity index (χ4n) is 3.26. The average Bonchev–Trinajstić information content (AvgIpc) is 3.46. The third kappa shape index (κ3) is 6.04. The van der Waals surface area contributed by atoms with Crippen molar-refractivity contribution in [1.82, 2.24) is 9.36 Å². The molecular formula is C25H26N4O2S. The third-order valence-electron chi connectivity index (χ3n) is 5.08. The Kier molecular flexibility index (Phi) is 6.97. The second kappa shape index (κ2) is 10.2. The quantitative estimate of drug-likeness (QED) is 0.374. The van der Waals surface area contributed by atoms with Gasteiger partial charge in [0.2, 0.25) is 11.0 Å². The molecule has 1 amide bonds. The van der Waals surface area contributed by atoms with Crippen LogP contribution in [-0.4, -0.2) is 21.8 Å². The molecule has 0 aliphatic carbocycles. The lowest BCUT2D eigenvalue weighted by atomic mass is 10.1. The van der Waals surface area contributed by atoms with Crippen LogP contribution in [0.4, 0.5) is 10.8 Å². The summed E-state index contributed by atoms with van der Waals surface area (Å²) in [5.41, 5.74) is 4.36. The van der Waals surface area contributed by atoms with Gasteiger partial charge in [-0.15, -0.1) is 0 Å². The zero-order valence-corrected chi connectivity index (χ0v) is 19.1. The van der Waals surface area contributed by atoms with E-state index in [1.807, 2.05) is 48.2 Å². The molecule has 0 spiro atoms. The van der Waals surface area contributed by atoms with E-state index in [0.29, 0.717) is 25.9 Å². The van der Waals surface area contributed by atoms with E-state index >= 15 is 0 Å². The van der Waals surface area contributed by atoms with Crippen LogP contribution in [0.25, 0.3) is 0 Å². The SMILES string of the molecule is Cc1ccc(Cc2nsc(N(CCC(=O)Nc3ccc(C)cc3)Cc3ccco3)n2)cc1. The number of carbonyl (C=O) groups is 1. The van der Waals surface area contributed by atoms with Gasteiger partial charge >= 0.3 is 0 Å². The Bertz CT molecular complexity index is 1140.